The van der Waals surface area contributed by atoms with Crippen LogP contribution in [-0.4, -0.2) is 25.1 Å². The van der Waals surface area contributed by atoms with Gasteiger partial charge in [0.25, 0.3) is 0 Å². The second-order valence-corrected chi connectivity index (χ2v) is 5.70. The molecule has 1 aromatic carbocycles. The van der Waals surface area contributed by atoms with Crippen LogP contribution in [-0.2, 0) is 6.54 Å². The van der Waals surface area contributed by atoms with Gasteiger partial charge in [0.05, 0.1) is 18.7 Å². The van der Waals surface area contributed by atoms with E-state index in [1.54, 1.807) is 7.11 Å². The number of nitrogens with zero attached hydrogens (tertiary/aromatic N) is 2. The molecule has 1 fully saturated rings. The summed E-state index contributed by atoms with van der Waals surface area (Å²) in [5.74, 6) is 0.879. The normalized spacial score (nSPS) is 16.7. The summed E-state index contributed by atoms with van der Waals surface area (Å²) in [5.41, 5.74) is 1.81. The van der Waals surface area contributed by atoms with E-state index in [0.29, 0.717) is 11.6 Å². The molecule has 108 valence electrons. The quantitative estimate of drug-likeness (QED) is 0.784. The fourth-order valence-electron chi connectivity index (χ4n) is 3.07. The number of nitriles is 1. The molecule has 2 rings (SSSR count). The zero-order chi connectivity index (χ0) is 14.4. The first-order chi connectivity index (χ1) is 9.74. The molecule has 0 aliphatic heterocycles. The Morgan fingerprint density at radius 1 is 1.25 bits per heavy atom. The summed E-state index contributed by atoms with van der Waals surface area (Å²) in [6.07, 6.45) is 8.00. The Hall–Kier alpha value is -1.53. The Labute approximate surface area is 122 Å². The lowest BCUT2D eigenvalue weighted by molar-refractivity contribution is 0.210. The SMILES string of the molecule is COc1ccc(C#N)cc1CN(C)C1CCCCCC1. The fourth-order valence-corrected chi connectivity index (χ4v) is 3.07. The van der Waals surface area contributed by atoms with Crippen molar-refractivity contribution in [2.75, 3.05) is 14.2 Å². The van der Waals surface area contributed by atoms with E-state index in [0.717, 1.165) is 17.9 Å². The van der Waals surface area contributed by atoms with Gasteiger partial charge in [-0.15, -0.1) is 0 Å². The lowest BCUT2D eigenvalue weighted by atomic mass is 10.1. The van der Waals surface area contributed by atoms with Crippen LogP contribution in [0, 0.1) is 11.3 Å². The lowest BCUT2D eigenvalue weighted by Crippen LogP contribution is -2.30. The summed E-state index contributed by atoms with van der Waals surface area (Å²) in [6.45, 7) is 0.851. The first kappa shape index (κ1) is 14.9. The maximum atomic E-state index is 9.04. The van der Waals surface area contributed by atoms with Gasteiger partial charge in [-0.25, -0.2) is 0 Å². The van der Waals surface area contributed by atoms with Gasteiger partial charge in [0.15, 0.2) is 0 Å². The van der Waals surface area contributed by atoms with Crippen LogP contribution >= 0.6 is 0 Å². The van der Waals surface area contributed by atoms with Gasteiger partial charge in [0.1, 0.15) is 5.75 Å². The zero-order valence-corrected chi connectivity index (χ0v) is 12.6. The van der Waals surface area contributed by atoms with E-state index < -0.39 is 0 Å². The van der Waals surface area contributed by atoms with Crippen LogP contribution in [0.5, 0.6) is 5.75 Å². The molecule has 3 nitrogen and oxygen atoms in total. The molecule has 1 aliphatic rings. The minimum atomic E-state index is 0.660. The molecule has 0 heterocycles. The molecular formula is C17H24N2O. The summed E-state index contributed by atoms with van der Waals surface area (Å²) >= 11 is 0. The van der Waals surface area contributed by atoms with Crippen LogP contribution in [0.4, 0.5) is 0 Å². The standard InChI is InChI=1S/C17H24N2O/c1-19(16-7-5-3-4-6-8-16)13-15-11-14(12-18)9-10-17(15)20-2/h9-11,16H,3-8,13H2,1-2H3. The van der Waals surface area contributed by atoms with Crippen molar-refractivity contribution >= 4 is 0 Å². The third-order valence-electron chi connectivity index (χ3n) is 4.28. The Morgan fingerprint density at radius 3 is 2.55 bits per heavy atom. The fraction of sp³-hybridized carbons (Fsp3) is 0.588. The Balaban J connectivity index is 2.09. The molecule has 0 spiro atoms. The third kappa shape index (κ3) is 3.74. The molecule has 0 saturated heterocycles. The van der Waals surface area contributed by atoms with Crippen molar-refractivity contribution in [2.45, 2.75) is 51.1 Å². The van der Waals surface area contributed by atoms with Crippen LogP contribution in [0.1, 0.15) is 49.7 Å². The van der Waals surface area contributed by atoms with Crippen molar-refractivity contribution in [3.8, 4) is 11.8 Å². The largest absolute Gasteiger partial charge is 0.496 e. The molecule has 1 saturated carbocycles. The van der Waals surface area contributed by atoms with E-state index in [1.807, 2.05) is 18.2 Å². The first-order valence-electron chi connectivity index (χ1n) is 7.52. The average Bonchev–Trinajstić information content (AvgIpc) is 2.76. The van der Waals surface area contributed by atoms with Crippen molar-refractivity contribution in [1.82, 2.24) is 4.90 Å². The molecule has 20 heavy (non-hydrogen) atoms. The predicted octanol–water partition coefficient (Wildman–Crippen LogP) is 3.72. The maximum Gasteiger partial charge on any atom is 0.123 e. The second-order valence-electron chi connectivity index (χ2n) is 5.70. The van der Waals surface area contributed by atoms with Gasteiger partial charge in [-0.1, -0.05) is 25.7 Å². The molecule has 1 aliphatic carbocycles. The second kappa shape index (κ2) is 7.31. The molecule has 0 radical (unpaired) electrons. The zero-order valence-electron chi connectivity index (χ0n) is 12.6. The van der Waals surface area contributed by atoms with E-state index in [4.69, 9.17) is 10.00 Å². The van der Waals surface area contributed by atoms with Crippen LogP contribution in [0.25, 0.3) is 0 Å². The molecule has 3 heteroatoms. The summed E-state index contributed by atoms with van der Waals surface area (Å²) in [5, 5.41) is 9.04. The van der Waals surface area contributed by atoms with Gasteiger partial charge in [0.2, 0.25) is 0 Å². The van der Waals surface area contributed by atoms with E-state index in [-0.39, 0.29) is 0 Å². The van der Waals surface area contributed by atoms with Crippen molar-refractivity contribution < 1.29 is 4.74 Å². The monoisotopic (exact) mass is 272 g/mol. The predicted molar refractivity (Wildman–Crippen MR) is 80.7 cm³/mol. The number of ether oxygens (including phenoxy) is 1. The van der Waals surface area contributed by atoms with Crippen LogP contribution in [0.15, 0.2) is 18.2 Å². The molecule has 1 aromatic rings. The van der Waals surface area contributed by atoms with Crippen LogP contribution < -0.4 is 4.74 Å². The molecule has 0 N–H and O–H groups in total. The molecule has 0 bridgehead atoms. The summed E-state index contributed by atoms with van der Waals surface area (Å²) < 4.78 is 5.42. The average molecular weight is 272 g/mol. The Morgan fingerprint density at radius 2 is 1.95 bits per heavy atom. The summed E-state index contributed by atoms with van der Waals surface area (Å²) in [4.78, 5) is 2.42. The number of rotatable bonds is 4. The minimum absolute atomic E-state index is 0.660. The molecule has 0 unspecified atom stereocenters. The van der Waals surface area contributed by atoms with Gasteiger partial charge >= 0.3 is 0 Å². The third-order valence-corrected chi connectivity index (χ3v) is 4.28. The van der Waals surface area contributed by atoms with E-state index in [9.17, 15) is 0 Å². The molecule has 0 amide bonds. The first-order valence-corrected chi connectivity index (χ1v) is 7.52. The molecule has 0 atom stereocenters. The highest BCUT2D eigenvalue weighted by Gasteiger charge is 2.18. The molecule has 0 aromatic heterocycles. The molecular weight excluding hydrogens is 248 g/mol. The van der Waals surface area contributed by atoms with Crippen molar-refractivity contribution in [3.63, 3.8) is 0 Å². The smallest absolute Gasteiger partial charge is 0.123 e. The van der Waals surface area contributed by atoms with Crippen molar-refractivity contribution in [3.05, 3.63) is 29.3 Å². The Bertz CT molecular complexity index is 470. The highest BCUT2D eigenvalue weighted by atomic mass is 16.5. The highest BCUT2D eigenvalue weighted by Crippen LogP contribution is 2.25. The number of hydrogen-bond donors (Lipinski definition) is 0. The summed E-state index contributed by atoms with van der Waals surface area (Å²) in [6, 6.07) is 8.53. The van der Waals surface area contributed by atoms with Gasteiger partial charge in [0, 0.05) is 18.2 Å². The lowest BCUT2D eigenvalue weighted by Gasteiger charge is -2.27. The van der Waals surface area contributed by atoms with Gasteiger partial charge in [-0.3, -0.25) is 4.90 Å². The summed E-state index contributed by atoms with van der Waals surface area (Å²) in [7, 11) is 3.88. The highest BCUT2D eigenvalue weighted by molar-refractivity contribution is 5.42. The van der Waals surface area contributed by atoms with Gasteiger partial charge in [-0.05, 0) is 38.1 Å². The van der Waals surface area contributed by atoms with Crippen molar-refractivity contribution in [1.29, 1.82) is 5.26 Å². The topological polar surface area (TPSA) is 36.3 Å². The van der Waals surface area contributed by atoms with Crippen molar-refractivity contribution in [2.24, 2.45) is 0 Å². The van der Waals surface area contributed by atoms with Gasteiger partial charge < -0.3 is 4.74 Å². The number of hydrogen-bond acceptors (Lipinski definition) is 3. The van der Waals surface area contributed by atoms with E-state index >= 15 is 0 Å². The number of methoxy groups -OCH3 is 1. The van der Waals surface area contributed by atoms with Crippen LogP contribution in [0.3, 0.4) is 0 Å². The number of benzene rings is 1. The maximum absolute atomic E-state index is 9.04. The Kier molecular flexibility index (Phi) is 5.43. The van der Waals surface area contributed by atoms with Crippen LogP contribution in [0.2, 0.25) is 0 Å². The van der Waals surface area contributed by atoms with Gasteiger partial charge in [-0.2, -0.15) is 5.26 Å². The minimum Gasteiger partial charge on any atom is -0.496 e. The van der Waals surface area contributed by atoms with E-state index in [1.165, 1.54) is 38.5 Å². The van der Waals surface area contributed by atoms with E-state index in [2.05, 4.69) is 18.0 Å².